The summed E-state index contributed by atoms with van der Waals surface area (Å²) in [5, 5.41) is 20.3. The lowest BCUT2D eigenvalue weighted by molar-refractivity contribution is -0.116. The maximum atomic E-state index is 11.6. The highest BCUT2D eigenvalue weighted by Crippen LogP contribution is 2.29. The van der Waals surface area contributed by atoms with Crippen molar-refractivity contribution in [3.8, 4) is 17.6 Å². The second-order valence-electron chi connectivity index (χ2n) is 5.02. The largest absolute Gasteiger partial charge is 0.493 e. The van der Waals surface area contributed by atoms with Crippen LogP contribution in [0.3, 0.4) is 0 Å². The molecule has 0 atom stereocenters. The molecule has 2 N–H and O–H groups in total. The van der Waals surface area contributed by atoms with E-state index < -0.39 is 11.9 Å². The molecule has 2 rings (SSSR count). The number of amides is 1. The topological polar surface area (TPSA) is 122 Å². The highest BCUT2D eigenvalue weighted by atomic mass is 16.5. The van der Waals surface area contributed by atoms with Gasteiger partial charge >= 0.3 is 5.97 Å². The SMILES string of the molecule is CNC(=O)C(C#N)=Cc1ccc(OCc2ccc(C(=O)O)o2)c(OC)c1. The molecule has 26 heavy (non-hydrogen) atoms. The number of carboxylic acid groups (broad SMARTS) is 1. The lowest BCUT2D eigenvalue weighted by Gasteiger charge is -2.10. The predicted molar refractivity (Wildman–Crippen MR) is 90.7 cm³/mol. The Morgan fingerprint density at radius 2 is 2.08 bits per heavy atom. The van der Waals surface area contributed by atoms with E-state index in [9.17, 15) is 9.59 Å². The minimum atomic E-state index is -1.16. The molecular formula is C18H16N2O6. The third-order valence-corrected chi connectivity index (χ3v) is 3.33. The van der Waals surface area contributed by atoms with Crippen LogP contribution in [0.5, 0.6) is 11.5 Å². The molecule has 134 valence electrons. The van der Waals surface area contributed by atoms with E-state index in [1.165, 1.54) is 32.4 Å². The first-order valence-electron chi connectivity index (χ1n) is 7.45. The van der Waals surface area contributed by atoms with Crippen molar-refractivity contribution in [1.82, 2.24) is 5.32 Å². The fourth-order valence-electron chi connectivity index (χ4n) is 2.06. The fourth-order valence-corrected chi connectivity index (χ4v) is 2.06. The number of carbonyl (C=O) groups is 2. The monoisotopic (exact) mass is 356 g/mol. The average molecular weight is 356 g/mol. The van der Waals surface area contributed by atoms with Crippen LogP contribution in [0.4, 0.5) is 0 Å². The van der Waals surface area contributed by atoms with Crippen LogP contribution < -0.4 is 14.8 Å². The fraction of sp³-hybridized carbons (Fsp3) is 0.167. The Kier molecular flexibility index (Phi) is 6.01. The molecule has 8 nitrogen and oxygen atoms in total. The lowest BCUT2D eigenvalue weighted by atomic mass is 10.1. The van der Waals surface area contributed by atoms with Crippen LogP contribution in [0.1, 0.15) is 21.9 Å². The number of rotatable bonds is 7. The predicted octanol–water partition coefficient (Wildman–Crippen LogP) is 2.22. The molecule has 1 amide bonds. The molecule has 1 heterocycles. The van der Waals surface area contributed by atoms with Gasteiger partial charge in [0, 0.05) is 7.05 Å². The van der Waals surface area contributed by atoms with Gasteiger partial charge in [0.1, 0.15) is 24.0 Å². The highest BCUT2D eigenvalue weighted by molar-refractivity contribution is 6.01. The number of carbonyl (C=O) groups excluding carboxylic acids is 1. The Bertz CT molecular complexity index is 891. The maximum Gasteiger partial charge on any atom is 0.371 e. The molecule has 2 aromatic rings. The number of likely N-dealkylation sites (N-methyl/N-ethyl adjacent to an activating group) is 1. The molecule has 1 aromatic carbocycles. The molecule has 0 fully saturated rings. The summed E-state index contributed by atoms with van der Waals surface area (Å²) >= 11 is 0. The van der Waals surface area contributed by atoms with E-state index in [2.05, 4.69) is 5.32 Å². The third-order valence-electron chi connectivity index (χ3n) is 3.33. The zero-order valence-corrected chi connectivity index (χ0v) is 14.1. The summed E-state index contributed by atoms with van der Waals surface area (Å²) in [5.41, 5.74) is 0.542. The van der Waals surface area contributed by atoms with Crippen LogP contribution in [0.2, 0.25) is 0 Å². The molecule has 0 bridgehead atoms. The quantitative estimate of drug-likeness (QED) is 0.576. The van der Waals surface area contributed by atoms with Crippen LogP contribution in [0, 0.1) is 11.3 Å². The van der Waals surface area contributed by atoms with Gasteiger partial charge < -0.3 is 24.3 Å². The van der Waals surface area contributed by atoms with Gasteiger partial charge in [-0.25, -0.2) is 4.79 Å². The van der Waals surface area contributed by atoms with Gasteiger partial charge in [-0.05, 0) is 35.9 Å². The van der Waals surface area contributed by atoms with Gasteiger partial charge in [-0.2, -0.15) is 5.26 Å². The van der Waals surface area contributed by atoms with Gasteiger partial charge in [0.05, 0.1) is 7.11 Å². The van der Waals surface area contributed by atoms with Crippen molar-refractivity contribution in [3.05, 3.63) is 53.0 Å². The van der Waals surface area contributed by atoms with E-state index in [1.54, 1.807) is 18.2 Å². The number of carboxylic acids is 1. The molecular weight excluding hydrogens is 340 g/mol. The van der Waals surface area contributed by atoms with Gasteiger partial charge in [0.15, 0.2) is 11.5 Å². The number of ether oxygens (including phenoxy) is 2. The number of methoxy groups -OCH3 is 1. The van der Waals surface area contributed by atoms with Crippen LogP contribution >= 0.6 is 0 Å². The Labute approximate surface area is 149 Å². The van der Waals surface area contributed by atoms with Gasteiger partial charge in [-0.3, -0.25) is 4.79 Å². The normalized spacial score (nSPS) is 10.7. The molecule has 0 aliphatic rings. The summed E-state index contributed by atoms with van der Waals surface area (Å²) < 4.78 is 16.0. The Morgan fingerprint density at radius 3 is 2.65 bits per heavy atom. The van der Waals surface area contributed by atoms with Crippen LogP contribution in [-0.2, 0) is 11.4 Å². The van der Waals surface area contributed by atoms with Crippen molar-refractivity contribution in [1.29, 1.82) is 5.26 Å². The molecule has 0 saturated heterocycles. The van der Waals surface area contributed by atoms with Gasteiger partial charge in [-0.1, -0.05) is 6.07 Å². The van der Waals surface area contributed by atoms with E-state index in [1.807, 2.05) is 6.07 Å². The first-order valence-corrected chi connectivity index (χ1v) is 7.45. The number of furan rings is 1. The molecule has 0 saturated carbocycles. The van der Waals surface area contributed by atoms with E-state index in [0.717, 1.165) is 0 Å². The van der Waals surface area contributed by atoms with Crippen molar-refractivity contribution in [3.63, 3.8) is 0 Å². The van der Waals surface area contributed by atoms with Crippen LogP contribution in [0.25, 0.3) is 6.08 Å². The number of aromatic carboxylic acids is 1. The number of nitriles is 1. The first-order chi connectivity index (χ1) is 12.5. The smallest absolute Gasteiger partial charge is 0.371 e. The summed E-state index contributed by atoms with van der Waals surface area (Å²) in [6.07, 6.45) is 1.43. The van der Waals surface area contributed by atoms with Crippen molar-refractivity contribution in [2.75, 3.05) is 14.2 Å². The molecule has 0 aliphatic heterocycles. The zero-order valence-electron chi connectivity index (χ0n) is 14.1. The molecule has 0 unspecified atom stereocenters. The number of benzene rings is 1. The highest BCUT2D eigenvalue weighted by Gasteiger charge is 2.12. The molecule has 0 radical (unpaired) electrons. The summed E-state index contributed by atoms with van der Waals surface area (Å²) in [7, 11) is 2.89. The standard InChI is InChI=1S/C18H16N2O6/c1-20-17(21)12(9-19)7-11-3-5-14(16(8-11)24-2)25-10-13-4-6-15(26-13)18(22)23/h3-8H,10H2,1-2H3,(H,20,21)(H,22,23). The lowest BCUT2D eigenvalue weighted by Crippen LogP contribution is -2.19. The van der Waals surface area contributed by atoms with Crippen LogP contribution in [0.15, 0.2) is 40.3 Å². The van der Waals surface area contributed by atoms with Gasteiger partial charge in [-0.15, -0.1) is 0 Å². The van der Waals surface area contributed by atoms with Crippen LogP contribution in [-0.4, -0.2) is 31.1 Å². The number of hydrogen-bond donors (Lipinski definition) is 2. The molecule has 1 aromatic heterocycles. The maximum absolute atomic E-state index is 11.6. The molecule has 0 aliphatic carbocycles. The summed E-state index contributed by atoms with van der Waals surface area (Å²) in [5.74, 6) is -0.684. The second-order valence-corrected chi connectivity index (χ2v) is 5.02. The molecule has 8 heteroatoms. The second kappa shape index (κ2) is 8.39. The number of nitrogens with zero attached hydrogens (tertiary/aromatic N) is 1. The average Bonchev–Trinajstić information content (AvgIpc) is 3.13. The first kappa shape index (κ1) is 18.6. The van der Waals surface area contributed by atoms with Crippen molar-refractivity contribution < 1.29 is 28.6 Å². The van der Waals surface area contributed by atoms with Gasteiger partial charge in [0.2, 0.25) is 5.76 Å². The Hall–Kier alpha value is -3.73. The van der Waals surface area contributed by atoms with Crippen molar-refractivity contribution >= 4 is 18.0 Å². The Balaban J connectivity index is 2.17. The van der Waals surface area contributed by atoms with E-state index in [4.69, 9.17) is 24.3 Å². The third kappa shape index (κ3) is 4.42. The van der Waals surface area contributed by atoms with Crippen molar-refractivity contribution in [2.45, 2.75) is 6.61 Å². The summed E-state index contributed by atoms with van der Waals surface area (Å²) in [6, 6.07) is 9.56. The summed E-state index contributed by atoms with van der Waals surface area (Å²) in [6.45, 7) is 0.0144. The van der Waals surface area contributed by atoms with Gasteiger partial charge in [0.25, 0.3) is 5.91 Å². The Morgan fingerprint density at radius 1 is 1.31 bits per heavy atom. The number of hydrogen-bond acceptors (Lipinski definition) is 6. The van der Waals surface area contributed by atoms with E-state index in [0.29, 0.717) is 22.8 Å². The minimum absolute atomic E-state index is 0.0144. The summed E-state index contributed by atoms with van der Waals surface area (Å²) in [4.78, 5) is 22.4. The van der Waals surface area contributed by atoms with Crippen molar-refractivity contribution in [2.24, 2.45) is 0 Å². The zero-order chi connectivity index (χ0) is 19.1. The molecule has 0 spiro atoms. The van der Waals surface area contributed by atoms with E-state index in [-0.39, 0.29) is 17.9 Å². The van der Waals surface area contributed by atoms with E-state index >= 15 is 0 Å². The minimum Gasteiger partial charge on any atom is -0.493 e. The number of nitrogens with one attached hydrogen (secondary N) is 1.